The summed E-state index contributed by atoms with van der Waals surface area (Å²) < 4.78 is 18.7. The molecule has 168 valence electrons. The number of para-hydroxylation sites is 1. The van der Waals surface area contributed by atoms with Crippen molar-refractivity contribution < 1.29 is 13.9 Å². The maximum absolute atomic E-state index is 13.2. The Morgan fingerprint density at radius 3 is 2.45 bits per heavy atom. The van der Waals surface area contributed by atoms with Crippen LogP contribution in [0.2, 0.25) is 0 Å². The number of rotatable bonds is 9. The van der Waals surface area contributed by atoms with E-state index in [2.05, 4.69) is 36.2 Å². The maximum atomic E-state index is 13.2. The minimum absolute atomic E-state index is 0.0889. The fourth-order valence-corrected chi connectivity index (χ4v) is 4.40. The molecule has 0 radical (unpaired) electrons. The van der Waals surface area contributed by atoms with Gasteiger partial charge in [0.2, 0.25) is 5.91 Å². The summed E-state index contributed by atoms with van der Waals surface area (Å²) >= 11 is 0. The number of amides is 1. The van der Waals surface area contributed by atoms with Gasteiger partial charge in [0.15, 0.2) is 0 Å². The second kappa shape index (κ2) is 11.3. The number of benzene rings is 2. The average molecular weight is 427 g/mol. The van der Waals surface area contributed by atoms with Gasteiger partial charge in [0, 0.05) is 13.0 Å². The highest BCUT2D eigenvalue weighted by atomic mass is 19.1. The molecule has 0 saturated carbocycles. The van der Waals surface area contributed by atoms with E-state index in [1.54, 1.807) is 19.2 Å². The molecule has 1 aliphatic rings. The Balaban J connectivity index is 1.44. The van der Waals surface area contributed by atoms with E-state index in [1.165, 1.54) is 17.7 Å². The molecular formula is C26H35FN2O2. The Hall–Kier alpha value is -2.40. The Morgan fingerprint density at radius 2 is 1.81 bits per heavy atom. The number of ether oxygens (including phenoxy) is 1. The summed E-state index contributed by atoms with van der Waals surface area (Å²) in [5, 5.41) is 3.18. The Morgan fingerprint density at radius 1 is 1.13 bits per heavy atom. The number of piperidine rings is 1. The van der Waals surface area contributed by atoms with Crippen LogP contribution in [0.1, 0.15) is 50.3 Å². The van der Waals surface area contributed by atoms with Gasteiger partial charge in [0.25, 0.3) is 0 Å². The molecule has 0 bridgehead atoms. The molecule has 3 rings (SSSR count). The molecule has 31 heavy (non-hydrogen) atoms. The summed E-state index contributed by atoms with van der Waals surface area (Å²) in [4.78, 5) is 15.2. The highest BCUT2D eigenvalue weighted by molar-refractivity contribution is 5.76. The van der Waals surface area contributed by atoms with Crippen molar-refractivity contribution in [3.05, 3.63) is 65.5 Å². The van der Waals surface area contributed by atoms with Crippen molar-refractivity contribution >= 4 is 5.91 Å². The van der Waals surface area contributed by atoms with E-state index < -0.39 is 0 Å². The van der Waals surface area contributed by atoms with Crippen molar-refractivity contribution in [2.24, 2.45) is 11.8 Å². The van der Waals surface area contributed by atoms with Crippen LogP contribution in [0, 0.1) is 17.7 Å². The smallest absolute Gasteiger partial charge is 0.220 e. The summed E-state index contributed by atoms with van der Waals surface area (Å²) in [5.41, 5.74) is 2.20. The molecule has 4 nitrogen and oxygen atoms in total. The van der Waals surface area contributed by atoms with Crippen LogP contribution in [0.25, 0.3) is 0 Å². The van der Waals surface area contributed by atoms with E-state index in [-0.39, 0.29) is 23.7 Å². The molecule has 1 heterocycles. The lowest BCUT2D eigenvalue weighted by Gasteiger charge is -2.32. The summed E-state index contributed by atoms with van der Waals surface area (Å²) in [6.07, 6.45) is 3.62. The molecule has 1 N–H and O–H groups in total. The van der Waals surface area contributed by atoms with Gasteiger partial charge in [0.05, 0.1) is 13.2 Å². The van der Waals surface area contributed by atoms with Gasteiger partial charge in [-0.25, -0.2) is 4.39 Å². The van der Waals surface area contributed by atoms with Crippen molar-refractivity contribution in [3.8, 4) is 5.75 Å². The molecule has 0 unspecified atom stereocenters. The Labute approximate surface area is 185 Å². The van der Waals surface area contributed by atoms with Gasteiger partial charge in [-0.3, -0.25) is 4.79 Å². The lowest BCUT2D eigenvalue weighted by molar-refractivity contribution is -0.123. The molecule has 1 amide bonds. The molecule has 2 aromatic carbocycles. The molecule has 2 aromatic rings. The van der Waals surface area contributed by atoms with E-state index in [1.807, 2.05) is 12.1 Å². The Bertz CT molecular complexity index is 830. The van der Waals surface area contributed by atoms with Crippen LogP contribution in [0.3, 0.4) is 0 Å². The van der Waals surface area contributed by atoms with Crippen LogP contribution >= 0.6 is 0 Å². The van der Waals surface area contributed by atoms with Crippen molar-refractivity contribution in [1.82, 2.24) is 10.2 Å². The fraction of sp³-hybridized carbons (Fsp3) is 0.500. The number of nitrogens with zero attached hydrogens (tertiary/aromatic N) is 1. The number of methoxy groups -OCH3 is 1. The first-order chi connectivity index (χ1) is 15.0. The predicted molar refractivity (Wildman–Crippen MR) is 123 cm³/mol. The van der Waals surface area contributed by atoms with Gasteiger partial charge in [-0.1, -0.05) is 44.2 Å². The van der Waals surface area contributed by atoms with Gasteiger partial charge in [0.1, 0.15) is 11.6 Å². The highest BCUT2D eigenvalue weighted by Gasteiger charge is 2.24. The Kier molecular flexibility index (Phi) is 8.47. The number of halogens is 1. The van der Waals surface area contributed by atoms with E-state index in [0.717, 1.165) is 50.2 Å². The fourth-order valence-electron chi connectivity index (χ4n) is 4.40. The van der Waals surface area contributed by atoms with E-state index in [9.17, 15) is 9.18 Å². The van der Waals surface area contributed by atoms with Crippen molar-refractivity contribution in [2.75, 3.05) is 26.7 Å². The van der Waals surface area contributed by atoms with E-state index >= 15 is 0 Å². The third-order valence-corrected chi connectivity index (χ3v) is 6.28. The number of carbonyl (C=O) groups excluding carboxylic acids is 1. The van der Waals surface area contributed by atoms with Gasteiger partial charge < -0.3 is 15.0 Å². The number of nitrogens with one attached hydrogen (secondary N) is 1. The van der Waals surface area contributed by atoms with Gasteiger partial charge in [-0.15, -0.1) is 0 Å². The molecular weight excluding hydrogens is 391 g/mol. The molecule has 1 fully saturated rings. The first-order valence-corrected chi connectivity index (χ1v) is 11.4. The number of hydrogen-bond donors (Lipinski definition) is 1. The summed E-state index contributed by atoms with van der Waals surface area (Å²) in [6.45, 7) is 7.22. The van der Waals surface area contributed by atoms with Crippen molar-refractivity contribution in [3.63, 3.8) is 0 Å². The molecule has 0 aromatic heterocycles. The quantitative estimate of drug-likeness (QED) is 0.614. The van der Waals surface area contributed by atoms with Crippen molar-refractivity contribution in [2.45, 2.75) is 45.6 Å². The van der Waals surface area contributed by atoms with E-state index in [4.69, 9.17) is 4.74 Å². The lowest BCUT2D eigenvalue weighted by Crippen LogP contribution is -2.38. The van der Waals surface area contributed by atoms with E-state index in [0.29, 0.717) is 12.3 Å². The number of hydrogen-bond acceptors (Lipinski definition) is 3. The van der Waals surface area contributed by atoms with Crippen LogP contribution in [0.4, 0.5) is 4.39 Å². The molecule has 0 spiro atoms. The molecule has 1 atom stereocenters. The predicted octanol–water partition coefficient (Wildman–Crippen LogP) is 4.99. The topological polar surface area (TPSA) is 41.6 Å². The standard InChI is InChI=1S/C26H35FN2O2/c1-19(2)26(22-8-10-23(27)11-9-22)28-25(30)18-20-12-15-29(16-13-20)17-14-21-6-4-5-7-24(21)31-3/h4-11,19-20,26H,12-18H2,1-3H3,(H,28,30)/t26-/m1/s1. The van der Waals surface area contributed by atoms with Crippen molar-refractivity contribution in [1.29, 1.82) is 0 Å². The number of carbonyl (C=O) groups is 1. The molecule has 1 aliphatic heterocycles. The van der Waals surface area contributed by atoms with Crippen LogP contribution in [-0.2, 0) is 11.2 Å². The number of likely N-dealkylation sites (tertiary alicyclic amines) is 1. The first-order valence-electron chi connectivity index (χ1n) is 11.4. The second-order valence-electron chi connectivity index (χ2n) is 8.89. The maximum Gasteiger partial charge on any atom is 0.220 e. The molecule has 0 aliphatic carbocycles. The third-order valence-electron chi connectivity index (χ3n) is 6.28. The van der Waals surface area contributed by atoms with Gasteiger partial charge >= 0.3 is 0 Å². The van der Waals surface area contributed by atoms with Crippen LogP contribution in [0.15, 0.2) is 48.5 Å². The zero-order chi connectivity index (χ0) is 22.2. The molecule has 1 saturated heterocycles. The highest BCUT2D eigenvalue weighted by Crippen LogP contribution is 2.25. The minimum Gasteiger partial charge on any atom is -0.496 e. The van der Waals surface area contributed by atoms with Gasteiger partial charge in [-0.05, 0) is 73.5 Å². The van der Waals surface area contributed by atoms with Gasteiger partial charge in [-0.2, -0.15) is 0 Å². The summed E-state index contributed by atoms with van der Waals surface area (Å²) in [6, 6.07) is 14.5. The SMILES string of the molecule is COc1ccccc1CCN1CCC(CC(=O)N[C@@H](c2ccc(F)cc2)C(C)C)CC1. The zero-order valence-electron chi connectivity index (χ0n) is 18.9. The monoisotopic (exact) mass is 426 g/mol. The normalized spacial score (nSPS) is 16.3. The lowest BCUT2D eigenvalue weighted by atomic mass is 9.91. The first kappa shape index (κ1) is 23.3. The molecule has 5 heteroatoms. The minimum atomic E-state index is -0.255. The average Bonchev–Trinajstić information content (AvgIpc) is 2.78. The second-order valence-corrected chi connectivity index (χ2v) is 8.89. The third kappa shape index (κ3) is 6.79. The van der Waals surface area contributed by atoms with Crippen LogP contribution in [-0.4, -0.2) is 37.6 Å². The largest absolute Gasteiger partial charge is 0.496 e. The summed E-state index contributed by atoms with van der Waals surface area (Å²) in [5.74, 6) is 1.45. The zero-order valence-corrected chi connectivity index (χ0v) is 18.9. The van der Waals surface area contributed by atoms with Crippen LogP contribution in [0.5, 0.6) is 5.75 Å². The van der Waals surface area contributed by atoms with Crippen LogP contribution < -0.4 is 10.1 Å². The summed E-state index contributed by atoms with van der Waals surface area (Å²) in [7, 11) is 1.72.